The maximum Gasteiger partial charge on any atom is 0.145 e. The monoisotopic (exact) mass is 412 g/mol. The van der Waals surface area contributed by atoms with Crippen molar-refractivity contribution >= 4 is 49.3 Å². The lowest BCUT2D eigenvalue weighted by Crippen LogP contribution is -1.96. The first kappa shape index (κ1) is 17.6. The summed E-state index contributed by atoms with van der Waals surface area (Å²) >= 11 is 0. The van der Waals surface area contributed by atoms with Crippen LogP contribution in [-0.2, 0) is 0 Å². The zero-order chi connectivity index (χ0) is 21.4. The molecule has 0 aliphatic carbocycles. The van der Waals surface area contributed by atoms with Crippen LogP contribution in [0.25, 0.3) is 60.5 Å². The molecule has 3 aromatic heterocycles. The van der Waals surface area contributed by atoms with Crippen molar-refractivity contribution < 1.29 is 4.42 Å². The van der Waals surface area contributed by atoms with Gasteiger partial charge in [0.1, 0.15) is 16.8 Å². The molecular formula is C29H20N2O. The van der Waals surface area contributed by atoms with Gasteiger partial charge in [-0.3, -0.25) is 4.40 Å². The Bertz CT molecular complexity index is 1830. The molecule has 0 unspecified atom stereocenters. The van der Waals surface area contributed by atoms with Crippen LogP contribution in [0.3, 0.4) is 0 Å². The molecule has 0 saturated carbocycles. The molecule has 0 atom stereocenters. The summed E-state index contributed by atoms with van der Waals surface area (Å²) in [6, 6.07) is 27.7. The number of para-hydroxylation sites is 1. The number of rotatable bonds is 1. The second kappa shape index (κ2) is 6.21. The SMILES string of the molecule is Cc1cccc(C)c1-c1cnc2c3ccccc3c3cc4c(cc3n12)oc1ccccc14. The molecular weight excluding hydrogens is 392 g/mol. The quantitative estimate of drug-likeness (QED) is 0.257. The summed E-state index contributed by atoms with van der Waals surface area (Å²) in [5, 5.41) is 5.86. The van der Waals surface area contributed by atoms with Crippen LogP contribution in [0, 0.1) is 13.8 Å². The van der Waals surface area contributed by atoms with Gasteiger partial charge in [-0.2, -0.15) is 0 Å². The maximum atomic E-state index is 6.26. The van der Waals surface area contributed by atoms with Crippen molar-refractivity contribution in [1.82, 2.24) is 9.38 Å². The molecule has 0 bridgehead atoms. The highest BCUT2D eigenvalue weighted by atomic mass is 16.3. The minimum atomic E-state index is 0.899. The summed E-state index contributed by atoms with van der Waals surface area (Å²) in [6.45, 7) is 4.34. The molecule has 7 aromatic rings. The van der Waals surface area contributed by atoms with E-state index in [1.54, 1.807) is 0 Å². The number of nitrogens with zero attached hydrogens (tertiary/aromatic N) is 2. The molecule has 0 aliphatic rings. The van der Waals surface area contributed by atoms with E-state index in [0.717, 1.165) is 44.2 Å². The maximum absolute atomic E-state index is 6.26. The number of fused-ring (bicyclic) bond motifs is 9. The number of hydrogen-bond donors (Lipinski definition) is 0. The van der Waals surface area contributed by atoms with Gasteiger partial charge in [-0.25, -0.2) is 4.98 Å². The third-order valence-electron chi connectivity index (χ3n) is 6.69. The van der Waals surface area contributed by atoms with Crippen molar-refractivity contribution in [2.75, 3.05) is 0 Å². The Labute approximate surface area is 184 Å². The summed E-state index contributed by atoms with van der Waals surface area (Å²) < 4.78 is 8.56. The molecule has 0 saturated heterocycles. The topological polar surface area (TPSA) is 30.4 Å². The van der Waals surface area contributed by atoms with Crippen LogP contribution >= 0.6 is 0 Å². The zero-order valence-electron chi connectivity index (χ0n) is 17.9. The van der Waals surface area contributed by atoms with E-state index in [0.29, 0.717) is 0 Å². The average molecular weight is 412 g/mol. The summed E-state index contributed by atoms with van der Waals surface area (Å²) in [4.78, 5) is 4.91. The molecule has 0 aliphatic heterocycles. The number of hydrogen-bond acceptors (Lipinski definition) is 2. The smallest absolute Gasteiger partial charge is 0.145 e. The van der Waals surface area contributed by atoms with Crippen LogP contribution in [0.2, 0.25) is 0 Å². The van der Waals surface area contributed by atoms with E-state index in [9.17, 15) is 0 Å². The Hall–Kier alpha value is -4.11. The van der Waals surface area contributed by atoms with E-state index in [1.807, 2.05) is 18.3 Å². The molecule has 0 radical (unpaired) electrons. The Kier molecular flexibility index (Phi) is 3.41. The van der Waals surface area contributed by atoms with Gasteiger partial charge in [-0.1, -0.05) is 60.7 Å². The molecule has 3 heterocycles. The van der Waals surface area contributed by atoms with Gasteiger partial charge in [0.15, 0.2) is 0 Å². The standard InChI is InChI=1S/C29H20N2O/c1-17-8-7-9-18(2)28(17)25-16-30-29-21-12-4-3-10-19(21)22-14-23-20-11-5-6-13-26(20)32-27(23)15-24(22)31(25)29/h3-16H,1-2H3. The molecule has 3 heteroatoms. The van der Waals surface area contributed by atoms with Crippen LogP contribution in [0.15, 0.2) is 89.5 Å². The normalized spacial score (nSPS) is 12.1. The van der Waals surface area contributed by atoms with Crippen molar-refractivity contribution in [1.29, 1.82) is 0 Å². The largest absolute Gasteiger partial charge is 0.456 e. The second-order valence-corrected chi connectivity index (χ2v) is 8.58. The molecule has 32 heavy (non-hydrogen) atoms. The molecule has 0 fully saturated rings. The van der Waals surface area contributed by atoms with Crippen LogP contribution in [-0.4, -0.2) is 9.38 Å². The van der Waals surface area contributed by atoms with Crippen molar-refractivity contribution in [3.05, 3.63) is 96.2 Å². The van der Waals surface area contributed by atoms with Crippen molar-refractivity contribution in [3.63, 3.8) is 0 Å². The minimum Gasteiger partial charge on any atom is -0.456 e. The zero-order valence-corrected chi connectivity index (χ0v) is 17.9. The van der Waals surface area contributed by atoms with Crippen LogP contribution in [0.5, 0.6) is 0 Å². The fourth-order valence-electron chi connectivity index (χ4n) is 5.25. The van der Waals surface area contributed by atoms with Crippen molar-refractivity contribution in [2.24, 2.45) is 0 Å². The van der Waals surface area contributed by atoms with E-state index < -0.39 is 0 Å². The van der Waals surface area contributed by atoms with Gasteiger partial charge in [-0.05, 0) is 42.5 Å². The predicted octanol–water partition coefficient (Wildman–Crippen LogP) is 7.82. The van der Waals surface area contributed by atoms with E-state index in [2.05, 4.69) is 85.0 Å². The third-order valence-corrected chi connectivity index (χ3v) is 6.69. The third kappa shape index (κ3) is 2.23. The number of pyridine rings is 1. The van der Waals surface area contributed by atoms with Gasteiger partial charge in [-0.15, -0.1) is 0 Å². The molecule has 3 nitrogen and oxygen atoms in total. The van der Waals surface area contributed by atoms with Gasteiger partial charge in [0.05, 0.1) is 17.4 Å². The molecule has 152 valence electrons. The number of imidazole rings is 1. The van der Waals surface area contributed by atoms with Crippen molar-refractivity contribution in [3.8, 4) is 11.3 Å². The number of furan rings is 1. The summed E-state index contributed by atoms with van der Waals surface area (Å²) in [5.41, 5.74) is 8.75. The molecule has 0 spiro atoms. The lowest BCUT2D eigenvalue weighted by Gasteiger charge is -2.13. The molecule has 0 amide bonds. The Morgan fingerprint density at radius 1 is 0.656 bits per heavy atom. The molecule has 0 N–H and O–H groups in total. The van der Waals surface area contributed by atoms with E-state index >= 15 is 0 Å². The summed E-state index contributed by atoms with van der Waals surface area (Å²) in [6.07, 6.45) is 2.01. The fourth-order valence-corrected chi connectivity index (χ4v) is 5.25. The average Bonchev–Trinajstić information content (AvgIpc) is 3.40. The fraction of sp³-hybridized carbons (Fsp3) is 0.0690. The first-order valence-electron chi connectivity index (χ1n) is 10.9. The van der Waals surface area contributed by atoms with Gasteiger partial charge in [0.25, 0.3) is 0 Å². The minimum absolute atomic E-state index is 0.899. The Morgan fingerprint density at radius 3 is 2.19 bits per heavy atom. The Morgan fingerprint density at radius 2 is 1.38 bits per heavy atom. The highest BCUT2D eigenvalue weighted by molar-refractivity contribution is 6.18. The summed E-state index contributed by atoms with van der Waals surface area (Å²) in [7, 11) is 0. The predicted molar refractivity (Wildman–Crippen MR) is 132 cm³/mol. The van der Waals surface area contributed by atoms with Crippen LogP contribution < -0.4 is 0 Å². The summed E-state index contributed by atoms with van der Waals surface area (Å²) in [5.74, 6) is 0. The van der Waals surface area contributed by atoms with Gasteiger partial charge in [0, 0.05) is 33.2 Å². The first-order chi connectivity index (χ1) is 15.7. The number of aryl methyl sites for hydroxylation is 2. The lowest BCUT2D eigenvalue weighted by molar-refractivity contribution is 0.669. The van der Waals surface area contributed by atoms with E-state index in [1.165, 1.54) is 27.5 Å². The molecule has 7 rings (SSSR count). The van der Waals surface area contributed by atoms with Crippen LogP contribution in [0.1, 0.15) is 11.1 Å². The molecule has 4 aromatic carbocycles. The van der Waals surface area contributed by atoms with Gasteiger partial charge >= 0.3 is 0 Å². The highest BCUT2D eigenvalue weighted by Crippen LogP contribution is 2.39. The van der Waals surface area contributed by atoms with Gasteiger partial charge < -0.3 is 4.42 Å². The number of benzene rings is 4. The van der Waals surface area contributed by atoms with E-state index in [4.69, 9.17) is 9.40 Å². The Balaban J connectivity index is 1.75. The number of aromatic nitrogens is 2. The first-order valence-corrected chi connectivity index (χ1v) is 10.9. The second-order valence-electron chi connectivity index (χ2n) is 8.58. The lowest BCUT2D eigenvalue weighted by atomic mass is 9.99. The highest BCUT2D eigenvalue weighted by Gasteiger charge is 2.18. The van der Waals surface area contributed by atoms with Crippen molar-refractivity contribution in [2.45, 2.75) is 13.8 Å². The van der Waals surface area contributed by atoms with Crippen LogP contribution in [0.4, 0.5) is 0 Å². The van der Waals surface area contributed by atoms with E-state index in [-0.39, 0.29) is 0 Å². The van der Waals surface area contributed by atoms with Gasteiger partial charge in [0.2, 0.25) is 0 Å².